The maximum atomic E-state index is 11.4. The average Bonchev–Trinajstić information content (AvgIpc) is 2.76. The number of furan rings is 1. The molecular weight excluding hydrogens is 338 g/mol. The second-order valence-corrected chi connectivity index (χ2v) is 5.29. The molecule has 6 nitrogen and oxygen atoms in total. The van der Waals surface area contributed by atoms with E-state index in [1.54, 1.807) is 6.92 Å². The van der Waals surface area contributed by atoms with E-state index in [4.69, 9.17) is 4.42 Å². The average molecular weight is 348 g/mol. The quantitative estimate of drug-likeness (QED) is 0.750. The molecular formula is C14H10BrN3O3. The zero-order valence-electron chi connectivity index (χ0n) is 10.9. The minimum atomic E-state index is -1.07. The maximum absolute atomic E-state index is 11.4. The first-order valence-corrected chi connectivity index (χ1v) is 6.85. The van der Waals surface area contributed by atoms with Crippen LogP contribution >= 0.6 is 15.9 Å². The Morgan fingerprint density at radius 2 is 2.19 bits per heavy atom. The van der Waals surface area contributed by atoms with E-state index in [9.17, 15) is 9.90 Å². The molecule has 3 rings (SSSR count). The Labute approximate surface area is 128 Å². The fourth-order valence-corrected chi connectivity index (χ4v) is 2.50. The van der Waals surface area contributed by atoms with Crippen LogP contribution in [0, 0.1) is 6.92 Å². The van der Waals surface area contributed by atoms with Gasteiger partial charge in [0.2, 0.25) is 5.71 Å². The number of anilines is 2. The number of halogens is 1. The van der Waals surface area contributed by atoms with E-state index in [-0.39, 0.29) is 11.3 Å². The Balaban J connectivity index is 2.16. The van der Waals surface area contributed by atoms with Crippen LogP contribution in [0.5, 0.6) is 0 Å². The molecule has 2 aromatic heterocycles. The predicted octanol–water partition coefficient (Wildman–Crippen LogP) is 3.74. The molecule has 0 saturated carbocycles. The summed E-state index contributed by atoms with van der Waals surface area (Å²) in [5, 5.41) is 12.8. The summed E-state index contributed by atoms with van der Waals surface area (Å²) in [5.41, 5.74) is 1.10. The fourth-order valence-electron chi connectivity index (χ4n) is 2.10. The molecule has 0 fully saturated rings. The van der Waals surface area contributed by atoms with Gasteiger partial charge in [0, 0.05) is 10.2 Å². The number of aryl methyl sites for hydroxylation is 1. The van der Waals surface area contributed by atoms with Gasteiger partial charge in [0.1, 0.15) is 23.5 Å². The van der Waals surface area contributed by atoms with E-state index in [0.29, 0.717) is 17.0 Å². The van der Waals surface area contributed by atoms with Crippen LogP contribution in [-0.4, -0.2) is 21.0 Å². The van der Waals surface area contributed by atoms with Crippen molar-refractivity contribution in [1.29, 1.82) is 0 Å². The van der Waals surface area contributed by atoms with Crippen molar-refractivity contribution in [2.24, 2.45) is 0 Å². The Bertz CT molecular complexity index is 845. The summed E-state index contributed by atoms with van der Waals surface area (Å²) in [6.07, 6.45) is 1.33. The van der Waals surface area contributed by atoms with Crippen LogP contribution < -0.4 is 5.32 Å². The number of nitrogens with one attached hydrogen (secondary N) is 1. The van der Waals surface area contributed by atoms with Gasteiger partial charge in [-0.3, -0.25) is 0 Å². The number of aromatic nitrogens is 2. The van der Waals surface area contributed by atoms with Gasteiger partial charge in [-0.2, -0.15) is 0 Å². The molecule has 0 aliphatic heterocycles. The summed E-state index contributed by atoms with van der Waals surface area (Å²) in [7, 11) is 0. The first-order chi connectivity index (χ1) is 10.1. The van der Waals surface area contributed by atoms with Gasteiger partial charge >= 0.3 is 5.97 Å². The number of aromatic carboxylic acids is 1. The van der Waals surface area contributed by atoms with Crippen LogP contribution in [-0.2, 0) is 0 Å². The molecule has 2 N–H and O–H groups in total. The highest BCUT2D eigenvalue weighted by atomic mass is 79.9. The normalized spacial score (nSPS) is 10.8. The van der Waals surface area contributed by atoms with Crippen molar-refractivity contribution in [3.05, 3.63) is 46.4 Å². The number of nitrogens with zero attached hydrogens (tertiary/aromatic N) is 2. The number of carbonyl (C=O) groups is 1. The Morgan fingerprint density at radius 3 is 2.90 bits per heavy atom. The smallest absolute Gasteiger partial charge is 0.340 e. The monoisotopic (exact) mass is 347 g/mol. The molecule has 0 bridgehead atoms. The number of carboxylic acid groups (broad SMARTS) is 1. The third-order valence-corrected chi connectivity index (χ3v) is 3.46. The van der Waals surface area contributed by atoms with Crippen molar-refractivity contribution in [2.45, 2.75) is 6.92 Å². The van der Waals surface area contributed by atoms with Crippen molar-refractivity contribution in [3.8, 4) is 0 Å². The summed E-state index contributed by atoms with van der Waals surface area (Å²) < 4.78 is 6.28. The molecule has 7 heteroatoms. The third-order valence-electron chi connectivity index (χ3n) is 2.97. The van der Waals surface area contributed by atoms with Crippen LogP contribution in [0.4, 0.5) is 11.5 Å². The van der Waals surface area contributed by atoms with Crippen LogP contribution in [0.2, 0.25) is 0 Å². The minimum Gasteiger partial charge on any atom is -0.478 e. The summed E-state index contributed by atoms with van der Waals surface area (Å²) in [4.78, 5) is 19.5. The molecule has 0 aliphatic carbocycles. The Kier molecular flexibility index (Phi) is 3.34. The predicted molar refractivity (Wildman–Crippen MR) is 80.9 cm³/mol. The van der Waals surface area contributed by atoms with Crippen LogP contribution in [0.25, 0.3) is 11.1 Å². The van der Waals surface area contributed by atoms with Crippen molar-refractivity contribution in [3.63, 3.8) is 0 Å². The third kappa shape index (κ3) is 2.47. The van der Waals surface area contributed by atoms with Gasteiger partial charge in [0.15, 0.2) is 0 Å². The number of rotatable bonds is 3. The molecule has 3 aromatic rings. The standard InChI is InChI=1S/C14H10BrN3O3/c1-7-10(14(19)20)11-12(16-6-17-13(11)21-7)18-9-4-2-3-8(15)5-9/h2-6H,1H3,(H,19,20)(H,16,17,18). The van der Waals surface area contributed by atoms with Gasteiger partial charge in [-0.25, -0.2) is 14.8 Å². The largest absolute Gasteiger partial charge is 0.478 e. The van der Waals surface area contributed by atoms with Crippen molar-refractivity contribution >= 4 is 44.5 Å². The minimum absolute atomic E-state index is 0.0723. The number of fused-ring (bicyclic) bond motifs is 1. The van der Waals surface area contributed by atoms with Gasteiger partial charge in [0.25, 0.3) is 0 Å². The number of hydrogen-bond acceptors (Lipinski definition) is 5. The van der Waals surface area contributed by atoms with E-state index in [1.807, 2.05) is 24.3 Å². The first kappa shape index (κ1) is 13.6. The topological polar surface area (TPSA) is 88.3 Å². The molecule has 106 valence electrons. The molecule has 0 spiro atoms. The zero-order valence-corrected chi connectivity index (χ0v) is 12.5. The molecule has 0 radical (unpaired) electrons. The highest BCUT2D eigenvalue weighted by molar-refractivity contribution is 9.10. The van der Waals surface area contributed by atoms with Gasteiger partial charge in [-0.1, -0.05) is 22.0 Å². The highest BCUT2D eigenvalue weighted by Gasteiger charge is 2.22. The lowest BCUT2D eigenvalue weighted by Crippen LogP contribution is -2.01. The summed E-state index contributed by atoms with van der Waals surface area (Å²) >= 11 is 3.38. The first-order valence-electron chi connectivity index (χ1n) is 6.06. The summed E-state index contributed by atoms with van der Waals surface area (Å²) in [6, 6.07) is 7.47. The molecule has 0 unspecified atom stereocenters. The van der Waals surface area contributed by atoms with E-state index in [2.05, 4.69) is 31.2 Å². The molecule has 1 aromatic carbocycles. The van der Waals surface area contributed by atoms with Crippen molar-refractivity contribution < 1.29 is 14.3 Å². The summed E-state index contributed by atoms with van der Waals surface area (Å²) in [5.74, 6) is -0.374. The molecule has 0 aliphatic rings. The fraction of sp³-hybridized carbons (Fsp3) is 0.0714. The molecule has 0 amide bonds. The van der Waals surface area contributed by atoms with Crippen molar-refractivity contribution in [2.75, 3.05) is 5.32 Å². The number of hydrogen-bond donors (Lipinski definition) is 2. The number of carboxylic acids is 1. The SMILES string of the molecule is Cc1oc2ncnc(Nc3cccc(Br)c3)c2c1C(=O)O. The molecule has 21 heavy (non-hydrogen) atoms. The molecule has 0 saturated heterocycles. The van der Waals surface area contributed by atoms with E-state index in [0.717, 1.165) is 10.2 Å². The second kappa shape index (κ2) is 5.17. The molecule has 0 atom stereocenters. The lowest BCUT2D eigenvalue weighted by molar-refractivity contribution is 0.0697. The lowest BCUT2D eigenvalue weighted by atomic mass is 10.2. The van der Waals surface area contributed by atoms with Crippen LogP contribution in [0.3, 0.4) is 0 Å². The Morgan fingerprint density at radius 1 is 1.38 bits per heavy atom. The van der Waals surface area contributed by atoms with Gasteiger partial charge in [0.05, 0.1) is 5.39 Å². The molecule has 2 heterocycles. The van der Waals surface area contributed by atoms with Gasteiger partial charge in [-0.05, 0) is 25.1 Å². The van der Waals surface area contributed by atoms with Crippen molar-refractivity contribution in [1.82, 2.24) is 9.97 Å². The lowest BCUT2D eigenvalue weighted by Gasteiger charge is -2.06. The zero-order chi connectivity index (χ0) is 15.0. The summed E-state index contributed by atoms with van der Waals surface area (Å²) in [6.45, 7) is 1.59. The van der Waals surface area contributed by atoms with E-state index < -0.39 is 5.97 Å². The maximum Gasteiger partial charge on any atom is 0.340 e. The second-order valence-electron chi connectivity index (χ2n) is 4.38. The van der Waals surface area contributed by atoms with E-state index in [1.165, 1.54) is 6.33 Å². The number of benzene rings is 1. The highest BCUT2D eigenvalue weighted by Crippen LogP contribution is 2.31. The van der Waals surface area contributed by atoms with Gasteiger partial charge in [-0.15, -0.1) is 0 Å². The van der Waals surface area contributed by atoms with E-state index >= 15 is 0 Å². The van der Waals surface area contributed by atoms with Crippen LogP contribution in [0.15, 0.2) is 39.5 Å². The van der Waals surface area contributed by atoms with Crippen LogP contribution in [0.1, 0.15) is 16.1 Å². The Hall–Kier alpha value is -2.41. The van der Waals surface area contributed by atoms with Gasteiger partial charge < -0.3 is 14.8 Å².